The minimum atomic E-state index is -1.17. The average Bonchev–Trinajstić information content (AvgIpc) is 2.11. The van der Waals surface area contributed by atoms with Crippen molar-refractivity contribution in [1.82, 2.24) is 0 Å². The van der Waals surface area contributed by atoms with Gasteiger partial charge in [0.2, 0.25) is 0 Å². The first kappa shape index (κ1) is 10.6. The molecule has 0 aliphatic rings. The van der Waals surface area contributed by atoms with Gasteiger partial charge >= 0.3 is 5.97 Å². The minimum absolute atomic E-state index is 0.0213. The Balaban J connectivity index is 2.78. The van der Waals surface area contributed by atoms with E-state index in [1.165, 1.54) is 6.07 Å². The molecule has 0 saturated carbocycles. The number of hydrogen-bond donors (Lipinski definition) is 2. The number of halogens is 2. The summed E-state index contributed by atoms with van der Waals surface area (Å²) in [4.78, 5) is 10.4. The first-order valence-electron chi connectivity index (χ1n) is 3.93. The second kappa shape index (κ2) is 4.15. The molecule has 3 nitrogen and oxygen atoms in total. The largest absolute Gasteiger partial charge is 0.480 e. The van der Waals surface area contributed by atoms with Gasteiger partial charge in [-0.3, -0.25) is 4.79 Å². The summed E-state index contributed by atoms with van der Waals surface area (Å²) in [6.45, 7) is 0. The van der Waals surface area contributed by atoms with Crippen molar-refractivity contribution >= 4 is 5.97 Å². The first-order chi connectivity index (χ1) is 6.50. The van der Waals surface area contributed by atoms with E-state index in [9.17, 15) is 13.6 Å². The number of carbonyl (C=O) groups is 1. The van der Waals surface area contributed by atoms with Crippen molar-refractivity contribution in [1.29, 1.82) is 0 Å². The first-order valence-corrected chi connectivity index (χ1v) is 3.93. The summed E-state index contributed by atoms with van der Waals surface area (Å²) in [6.07, 6.45) is -0.0213. The minimum Gasteiger partial charge on any atom is -0.480 e. The van der Waals surface area contributed by atoms with E-state index in [0.717, 1.165) is 12.1 Å². The summed E-state index contributed by atoms with van der Waals surface area (Å²) >= 11 is 0. The Morgan fingerprint density at radius 3 is 2.57 bits per heavy atom. The summed E-state index contributed by atoms with van der Waals surface area (Å²) in [5.41, 5.74) is 5.58. The van der Waals surface area contributed by atoms with E-state index in [4.69, 9.17) is 10.8 Å². The van der Waals surface area contributed by atoms with Gasteiger partial charge in [0.1, 0.15) is 6.04 Å². The highest BCUT2D eigenvalue weighted by Crippen LogP contribution is 2.10. The Hall–Kier alpha value is -1.49. The highest BCUT2D eigenvalue weighted by atomic mass is 19.2. The standard InChI is InChI=1S/C9H9F2NO2/c10-6-2-1-5(3-7(6)11)4-8(12)9(13)14/h1-3,8H,4,12H2,(H,13,14)/t8-/m0/s1. The number of benzene rings is 1. The van der Waals surface area contributed by atoms with Gasteiger partial charge < -0.3 is 10.8 Å². The fourth-order valence-corrected chi connectivity index (χ4v) is 1.01. The smallest absolute Gasteiger partial charge is 0.320 e. The molecule has 0 aliphatic carbocycles. The summed E-state index contributed by atoms with van der Waals surface area (Å²) < 4.78 is 25.1. The van der Waals surface area contributed by atoms with Crippen molar-refractivity contribution in [3.05, 3.63) is 35.4 Å². The van der Waals surface area contributed by atoms with Crippen LogP contribution in [0, 0.1) is 11.6 Å². The summed E-state index contributed by atoms with van der Waals surface area (Å²) in [5, 5.41) is 8.47. The van der Waals surface area contributed by atoms with Crippen molar-refractivity contribution in [2.45, 2.75) is 12.5 Å². The van der Waals surface area contributed by atoms with Crippen LogP contribution in [0.5, 0.6) is 0 Å². The number of hydrogen-bond acceptors (Lipinski definition) is 2. The van der Waals surface area contributed by atoms with E-state index in [1.807, 2.05) is 0 Å². The van der Waals surface area contributed by atoms with Gasteiger partial charge in [0, 0.05) is 0 Å². The molecule has 0 aliphatic heterocycles. The van der Waals surface area contributed by atoms with Crippen LogP contribution in [-0.4, -0.2) is 17.1 Å². The maximum absolute atomic E-state index is 12.7. The highest BCUT2D eigenvalue weighted by Gasteiger charge is 2.13. The number of carboxylic acid groups (broad SMARTS) is 1. The molecule has 0 unspecified atom stereocenters. The van der Waals surface area contributed by atoms with Crippen LogP contribution < -0.4 is 5.73 Å². The third kappa shape index (κ3) is 2.50. The molecule has 0 radical (unpaired) electrons. The molecule has 76 valence electrons. The fourth-order valence-electron chi connectivity index (χ4n) is 1.01. The normalized spacial score (nSPS) is 12.5. The second-order valence-corrected chi connectivity index (χ2v) is 2.90. The Kier molecular flexibility index (Phi) is 3.14. The molecule has 0 amide bonds. The van der Waals surface area contributed by atoms with Gasteiger partial charge in [0.05, 0.1) is 0 Å². The number of aliphatic carboxylic acids is 1. The second-order valence-electron chi connectivity index (χ2n) is 2.90. The zero-order chi connectivity index (χ0) is 10.7. The number of carboxylic acids is 1. The van der Waals surface area contributed by atoms with E-state index in [0.29, 0.717) is 5.56 Å². The van der Waals surface area contributed by atoms with Crippen molar-refractivity contribution in [2.24, 2.45) is 5.73 Å². The van der Waals surface area contributed by atoms with Crippen molar-refractivity contribution in [3.8, 4) is 0 Å². The van der Waals surface area contributed by atoms with Crippen LogP contribution in [0.3, 0.4) is 0 Å². The van der Waals surface area contributed by atoms with Crippen molar-refractivity contribution in [2.75, 3.05) is 0 Å². The van der Waals surface area contributed by atoms with Gasteiger partial charge in [-0.15, -0.1) is 0 Å². The number of rotatable bonds is 3. The molecule has 1 aromatic carbocycles. The van der Waals surface area contributed by atoms with Crippen LogP contribution in [0.1, 0.15) is 5.56 Å². The molecule has 5 heteroatoms. The lowest BCUT2D eigenvalue weighted by molar-refractivity contribution is -0.138. The van der Waals surface area contributed by atoms with E-state index >= 15 is 0 Å². The fraction of sp³-hybridized carbons (Fsp3) is 0.222. The predicted molar refractivity (Wildman–Crippen MR) is 45.7 cm³/mol. The molecule has 0 heterocycles. The van der Waals surface area contributed by atoms with E-state index in [-0.39, 0.29) is 6.42 Å². The average molecular weight is 201 g/mol. The molecule has 0 saturated heterocycles. The molecule has 3 N–H and O–H groups in total. The molecule has 14 heavy (non-hydrogen) atoms. The zero-order valence-corrected chi connectivity index (χ0v) is 7.21. The van der Waals surface area contributed by atoms with Gasteiger partial charge in [0.15, 0.2) is 11.6 Å². The molecule has 1 rings (SSSR count). The molecule has 1 atom stereocenters. The Morgan fingerprint density at radius 2 is 2.07 bits per heavy atom. The van der Waals surface area contributed by atoms with Gasteiger partial charge in [0.25, 0.3) is 0 Å². The molecular formula is C9H9F2NO2. The molecule has 0 aromatic heterocycles. The van der Waals surface area contributed by atoms with Crippen LogP contribution in [0.4, 0.5) is 8.78 Å². The van der Waals surface area contributed by atoms with E-state index in [1.54, 1.807) is 0 Å². The lowest BCUT2D eigenvalue weighted by Crippen LogP contribution is -2.32. The maximum Gasteiger partial charge on any atom is 0.320 e. The summed E-state index contributed by atoms with van der Waals surface area (Å²) in [6, 6.07) is 2.10. The van der Waals surface area contributed by atoms with Crippen molar-refractivity contribution < 1.29 is 18.7 Å². The van der Waals surface area contributed by atoms with Gasteiger partial charge in [-0.25, -0.2) is 8.78 Å². The Bertz CT molecular complexity index is 355. The maximum atomic E-state index is 12.7. The van der Waals surface area contributed by atoms with E-state index in [2.05, 4.69) is 0 Å². The van der Waals surface area contributed by atoms with Crippen molar-refractivity contribution in [3.63, 3.8) is 0 Å². The highest BCUT2D eigenvalue weighted by molar-refractivity contribution is 5.73. The van der Waals surface area contributed by atoms with Gasteiger partial charge in [-0.05, 0) is 24.1 Å². The monoisotopic (exact) mass is 201 g/mol. The van der Waals surface area contributed by atoms with Crippen LogP contribution in [0.15, 0.2) is 18.2 Å². The van der Waals surface area contributed by atoms with Crippen LogP contribution in [0.2, 0.25) is 0 Å². The summed E-state index contributed by atoms with van der Waals surface area (Å²) in [7, 11) is 0. The Labute approximate surface area is 79.2 Å². The van der Waals surface area contributed by atoms with E-state index < -0.39 is 23.6 Å². The quantitative estimate of drug-likeness (QED) is 0.764. The third-order valence-electron chi connectivity index (χ3n) is 1.76. The molecular weight excluding hydrogens is 192 g/mol. The van der Waals surface area contributed by atoms with Crippen LogP contribution in [-0.2, 0) is 11.2 Å². The molecule has 0 spiro atoms. The van der Waals surface area contributed by atoms with Gasteiger partial charge in [-0.1, -0.05) is 6.07 Å². The SMILES string of the molecule is N[C@@H](Cc1ccc(F)c(F)c1)C(=O)O. The zero-order valence-electron chi connectivity index (χ0n) is 7.21. The molecule has 1 aromatic rings. The lowest BCUT2D eigenvalue weighted by Gasteiger charge is -2.06. The van der Waals surface area contributed by atoms with Crippen LogP contribution in [0.25, 0.3) is 0 Å². The molecule has 0 fully saturated rings. The topological polar surface area (TPSA) is 63.3 Å². The Morgan fingerprint density at radius 1 is 1.43 bits per heavy atom. The van der Waals surface area contributed by atoms with Gasteiger partial charge in [-0.2, -0.15) is 0 Å². The number of nitrogens with two attached hydrogens (primary N) is 1. The van der Waals surface area contributed by atoms with Crippen LogP contribution >= 0.6 is 0 Å². The predicted octanol–water partition coefficient (Wildman–Crippen LogP) is 0.919. The molecule has 0 bridgehead atoms. The lowest BCUT2D eigenvalue weighted by atomic mass is 10.1. The summed E-state index contributed by atoms with van der Waals surface area (Å²) in [5.74, 6) is -3.13. The third-order valence-corrected chi connectivity index (χ3v) is 1.76.